The number of carbonyl (C=O) groups excluding carboxylic acids is 2. The third-order valence-electron chi connectivity index (χ3n) is 6.16. The van der Waals surface area contributed by atoms with E-state index in [0.717, 1.165) is 12.8 Å². The molecule has 34 heavy (non-hydrogen) atoms. The van der Waals surface area contributed by atoms with Gasteiger partial charge in [-0.05, 0) is 56.9 Å². The highest BCUT2D eigenvalue weighted by Gasteiger charge is 2.46. The summed E-state index contributed by atoms with van der Waals surface area (Å²) >= 11 is 5.91. The van der Waals surface area contributed by atoms with Gasteiger partial charge in [0.05, 0.1) is 17.8 Å². The number of hydrogen-bond acceptors (Lipinski definition) is 7. The van der Waals surface area contributed by atoms with Crippen LogP contribution in [0.4, 0.5) is 16.7 Å². The molecule has 0 radical (unpaired) electrons. The number of rotatable bonds is 6. The normalized spacial score (nSPS) is 18.9. The Labute approximate surface area is 202 Å². The zero-order chi connectivity index (χ0) is 24.0. The van der Waals surface area contributed by atoms with Gasteiger partial charge in [0.1, 0.15) is 12.2 Å². The first-order chi connectivity index (χ1) is 16.3. The summed E-state index contributed by atoms with van der Waals surface area (Å²) in [5.41, 5.74) is 1.16. The Balaban J connectivity index is 1.34. The van der Waals surface area contributed by atoms with Crippen molar-refractivity contribution in [2.45, 2.75) is 38.8 Å². The molecule has 0 spiro atoms. The van der Waals surface area contributed by atoms with Crippen LogP contribution in [0.2, 0.25) is 5.02 Å². The Kier molecular flexibility index (Phi) is 5.68. The van der Waals surface area contributed by atoms with E-state index in [2.05, 4.69) is 25.3 Å². The van der Waals surface area contributed by atoms with Crippen LogP contribution >= 0.6 is 11.6 Å². The molecule has 1 saturated carbocycles. The molecular formula is C23H25ClN8O2. The number of aromatic nitrogens is 5. The maximum atomic E-state index is 12.8. The minimum atomic E-state index is -0.287. The van der Waals surface area contributed by atoms with Crippen molar-refractivity contribution in [2.75, 3.05) is 23.8 Å². The Hall–Kier alpha value is -3.53. The van der Waals surface area contributed by atoms with Gasteiger partial charge in [0, 0.05) is 30.4 Å². The molecule has 0 bridgehead atoms. The number of halogens is 1. The topological polar surface area (TPSA) is 109 Å². The lowest BCUT2D eigenvalue weighted by molar-refractivity contribution is 0.0959. The van der Waals surface area contributed by atoms with Crippen LogP contribution in [0.25, 0.3) is 0 Å². The molecule has 1 aliphatic carbocycles. The van der Waals surface area contributed by atoms with Gasteiger partial charge in [0.25, 0.3) is 5.91 Å². The number of nitrogens with zero attached hydrogens (tertiary/aromatic N) is 7. The number of urea groups is 1. The van der Waals surface area contributed by atoms with E-state index < -0.39 is 0 Å². The van der Waals surface area contributed by atoms with Crippen LogP contribution in [-0.4, -0.2) is 61.0 Å². The van der Waals surface area contributed by atoms with E-state index in [1.54, 1.807) is 54.2 Å². The van der Waals surface area contributed by atoms with Crippen molar-refractivity contribution >= 4 is 35.4 Å². The third kappa shape index (κ3) is 4.33. The van der Waals surface area contributed by atoms with Crippen molar-refractivity contribution < 1.29 is 9.59 Å². The average Bonchev–Trinajstić information content (AvgIpc) is 3.45. The minimum Gasteiger partial charge on any atom is -0.346 e. The van der Waals surface area contributed by atoms with Crippen molar-refractivity contribution in [3.05, 3.63) is 58.9 Å². The number of anilines is 2. The fraction of sp³-hybridized carbons (Fsp3) is 0.391. The van der Waals surface area contributed by atoms with Gasteiger partial charge in [-0.3, -0.25) is 14.3 Å². The molecule has 1 N–H and O–H groups in total. The number of benzene rings is 1. The van der Waals surface area contributed by atoms with Crippen molar-refractivity contribution in [3.8, 4) is 0 Å². The van der Waals surface area contributed by atoms with Crippen molar-refractivity contribution in [1.29, 1.82) is 0 Å². The molecule has 1 unspecified atom stereocenters. The summed E-state index contributed by atoms with van der Waals surface area (Å²) in [6.07, 6.45) is 5.39. The Morgan fingerprint density at radius 2 is 1.91 bits per heavy atom. The summed E-state index contributed by atoms with van der Waals surface area (Å²) in [6, 6.07) is 6.40. The summed E-state index contributed by atoms with van der Waals surface area (Å²) in [5.74, 6) is 1.51. The number of hydrogen-bond donors (Lipinski definition) is 1. The Bertz CT molecular complexity index is 1240. The second-order valence-electron chi connectivity index (χ2n) is 8.83. The molecule has 2 amide bonds. The maximum Gasteiger partial charge on any atom is 0.327 e. The SMILES string of the molecule is Cc1nc(N[C@@H](C)c2cn(C(=O)c3ccc(Cl)cc3)cn2)nc(N2C(=O)N(C)CC2C2CC2)n1. The van der Waals surface area contributed by atoms with Crippen LogP contribution in [0, 0.1) is 12.8 Å². The number of aryl methyl sites for hydroxylation is 1. The molecule has 2 aliphatic rings. The number of likely N-dealkylation sites (N-methyl/N-ethyl adjacent to an activating group) is 1. The first-order valence-corrected chi connectivity index (χ1v) is 11.6. The average molecular weight is 481 g/mol. The summed E-state index contributed by atoms with van der Waals surface area (Å²) < 4.78 is 1.43. The molecule has 176 valence electrons. The number of imidazole rings is 1. The van der Waals surface area contributed by atoms with Gasteiger partial charge in [-0.2, -0.15) is 15.0 Å². The lowest BCUT2D eigenvalue weighted by Gasteiger charge is -2.22. The molecule has 1 aromatic carbocycles. The first kappa shape index (κ1) is 22.3. The molecule has 2 atom stereocenters. The standard InChI is InChI=1S/C23H25ClN8O2/c1-13(18-10-31(12-25-18)20(33)16-6-8-17(24)9-7-16)26-21-27-14(2)28-22(29-21)32-19(15-4-5-15)11-30(3)23(32)34/h6-10,12-13,15,19H,4-5,11H2,1-3H3,(H,26,27,28,29)/t13-,19?/m0/s1. The highest BCUT2D eigenvalue weighted by Crippen LogP contribution is 2.39. The van der Waals surface area contributed by atoms with Crippen LogP contribution in [0.1, 0.15) is 47.7 Å². The second-order valence-corrected chi connectivity index (χ2v) is 9.26. The number of amides is 2. The van der Waals surface area contributed by atoms with Gasteiger partial charge < -0.3 is 10.2 Å². The quantitative estimate of drug-likeness (QED) is 0.574. The van der Waals surface area contributed by atoms with E-state index in [1.807, 2.05) is 6.92 Å². The summed E-state index contributed by atoms with van der Waals surface area (Å²) in [6.45, 7) is 4.35. The van der Waals surface area contributed by atoms with Gasteiger partial charge in [-0.1, -0.05) is 11.6 Å². The molecule has 10 nitrogen and oxygen atoms in total. The van der Waals surface area contributed by atoms with Crippen molar-refractivity contribution in [2.24, 2.45) is 5.92 Å². The summed E-state index contributed by atoms with van der Waals surface area (Å²) in [4.78, 5) is 46.7. The Morgan fingerprint density at radius 1 is 1.18 bits per heavy atom. The lowest BCUT2D eigenvalue weighted by atomic mass is 10.2. The van der Waals surface area contributed by atoms with Crippen LogP contribution in [-0.2, 0) is 0 Å². The van der Waals surface area contributed by atoms with E-state index in [9.17, 15) is 9.59 Å². The molecule has 1 aliphatic heterocycles. The largest absolute Gasteiger partial charge is 0.346 e. The van der Waals surface area contributed by atoms with Gasteiger partial charge in [-0.25, -0.2) is 9.78 Å². The Morgan fingerprint density at radius 3 is 2.62 bits per heavy atom. The van der Waals surface area contributed by atoms with Gasteiger partial charge in [0.2, 0.25) is 11.9 Å². The molecule has 3 heterocycles. The number of nitrogens with one attached hydrogen (secondary N) is 1. The van der Waals surface area contributed by atoms with Gasteiger partial charge in [-0.15, -0.1) is 0 Å². The molecule has 1 saturated heterocycles. The maximum absolute atomic E-state index is 12.8. The first-order valence-electron chi connectivity index (χ1n) is 11.2. The van der Waals surface area contributed by atoms with Crippen molar-refractivity contribution in [1.82, 2.24) is 29.4 Å². The predicted octanol–water partition coefficient (Wildman–Crippen LogP) is 3.54. The summed E-state index contributed by atoms with van der Waals surface area (Å²) in [7, 11) is 1.80. The predicted molar refractivity (Wildman–Crippen MR) is 127 cm³/mol. The van der Waals surface area contributed by atoms with E-state index >= 15 is 0 Å². The second kappa shape index (κ2) is 8.68. The molecule has 11 heteroatoms. The monoisotopic (exact) mass is 480 g/mol. The van der Waals surface area contributed by atoms with E-state index in [-0.39, 0.29) is 24.0 Å². The molecular weight excluding hydrogens is 456 g/mol. The van der Waals surface area contributed by atoms with Crippen molar-refractivity contribution in [3.63, 3.8) is 0 Å². The summed E-state index contributed by atoms with van der Waals surface area (Å²) in [5, 5.41) is 3.80. The van der Waals surface area contributed by atoms with E-state index in [0.29, 0.717) is 46.5 Å². The van der Waals surface area contributed by atoms with Crippen LogP contribution < -0.4 is 10.2 Å². The highest BCUT2D eigenvalue weighted by molar-refractivity contribution is 6.30. The molecule has 3 aromatic rings. The molecule has 5 rings (SSSR count). The zero-order valence-electron chi connectivity index (χ0n) is 19.1. The van der Waals surface area contributed by atoms with E-state index in [4.69, 9.17) is 11.6 Å². The van der Waals surface area contributed by atoms with Crippen LogP contribution in [0.3, 0.4) is 0 Å². The van der Waals surface area contributed by atoms with Gasteiger partial charge in [0.15, 0.2) is 0 Å². The molecule has 2 aromatic heterocycles. The third-order valence-corrected chi connectivity index (χ3v) is 6.41. The lowest BCUT2D eigenvalue weighted by Crippen LogP contribution is -2.37. The number of carbonyl (C=O) groups is 2. The minimum absolute atomic E-state index is 0.0825. The van der Waals surface area contributed by atoms with Crippen LogP contribution in [0.5, 0.6) is 0 Å². The molecule has 2 fully saturated rings. The fourth-order valence-corrected chi connectivity index (χ4v) is 4.29. The zero-order valence-corrected chi connectivity index (χ0v) is 19.9. The fourth-order valence-electron chi connectivity index (χ4n) is 4.16. The smallest absolute Gasteiger partial charge is 0.327 e. The van der Waals surface area contributed by atoms with E-state index in [1.165, 1.54) is 10.9 Å². The van der Waals surface area contributed by atoms with Gasteiger partial charge >= 0.3 is 6.03 Å². The highest BCUT2D eigenvalue weighted by atomic mass is 35.5. The van der Waals surface area contributed by atoms with Crippen LogP contribution in [0.15, 0.2) is 36.8 Å².